The molecule has 2 atom stereocenters. The molecule has 0 bridgehead atoms. The minimum absolute atomic E-state index is 0.0173. The molecule has 6 N–H and O–H groups in total. The predicted octanol–water partition coefficient (Wildman–Crippen LogP) is -0.221. The Labute approximate surface area is 153 Å². The molecule has 0 saturated heterocycles. The Kier molecular flexibility index (Phi) is 7.79. The molecule has 0 saturated carbocycles. The van der Waals surface area contributed by atoms with Gasteiger partial charge in [0.15, 0.2) is 12.1 Å². The largest absolute Gasteiger partial charge is 0.458 e. The van der Waals surface area contributed by atoms with E-state index >= 15 is 0 Å². The number of hydrogen-bond donors (Lipinski definition) is 2. The lowest BCUT2D eigenvalue weighted by Gasteiger charge is -2.11. The van der Waals surface area contributed by atoms with E-state index in [1.54, 1.807) is 0 Å². The zero-order valence-electron chi connectivity index (χ0n) is 14.8. The molecule has 0 unspecified atom stereocenters. The number of esters is 2. The molecule has 0 aliphatic heterocycles. The standard InChI is InChI=1S/C20H24N2O4/c21-17(13-15-7-3-1-4-8-15)19(23)25-11-12-26-20(24)18(22)14-16-9-5-2-6-10-16/h1-10,17-18H,11-14,21-22H2/p+2/t17-,18-/m0/s1. The monoisotopic (exact) mass is 358 g/mol. The van der Waals surface area contributed by atoms with Crippen LogP contribution in [0.4, 0.5) is 0 Å². The molecule has 0 fully saturated rings. The van der Waals surface area contributed by atoms with Gasteiger partial charge in [0.05, 0.1) is 0 Å². The van der Waals surface area contributed by atoms with Crippen LogP contribution in [-0.4, -0.2) is 37.2 Å². The third-order valence-electron chi connectivity index (χ3n) is 3.89. The van der Waals surface area contributed by atoms with Gasteiger partial charge in [-0.15, -0.1) is 0 Å². The van der Waals surface area contributed by atoms with Gasteiger partial charge in [-0.3, -0.25) is 0 Å². The van der Waals surface area contributed by atoms with Gasteiger partial charge in [-0.05, 0) is 11.1 Å². The molecule has 26 heavy (non-hydrogen) atoms. The third-order valence-corrected chi connectivity index (χ3v) is 3.89. The lowest BCUT2D eigenvalue weighted by molar-refractivity contribution is -0.409. The number of carbonyl (C=O) groups excluding carboxylic acids is 2. The number of quaternary nitrogens is 2. The lowest BCUT2D eigenvalue weighted by atomic mass is 10.1. The summed E-state index contributed by atoms with van der Waals surface area (Å²) in [5.74, 6) is -0.805. The van der Waals surface area contributed by atoms with Crippen LogP contribution in [0.2, 0.25) is 0 Å². The first kappa shape index (κ1) is 19.6. The molecular formula is C20H26N2O4+2. The molecule has 6 heteroatoms. The van der Waals surface area contributed by atoms with E-state index in [0.717, 1.165) is 11.1 Å². The normalized spacial score (nSPS) is 12.8. The van der Waals surface area contributed by atoms with Gasteiger partial charge in [0.2, 0.25) is 0 Å². The Bertz CT molecular complexity index is 630. The van der Waals surface area contributed by atoms with Crippen molar-refractivity contribution in [2.24, 2.45) is 0 Å². The quantitative estimate of drug-likeness (QED) is 0.477. The summed E-state index contributed by atoms with van der Waals surface area (Å²) in [5, 5.41) is 0. The van der Waals surface area contributed by atoms with Crippen LogP contribution in [0.15, 0.2) is 60.7 Å². The first-order valence-corrected chi connectivity index (χ1v) is 8.63. The summed E-state index contributed by atoms with van der Waals surface area (Å²) < 4.78 is 10.3. The van der Waals surface area contributed by atoms with Crippen LogP contribution in [0.3, 0.4) is 0 Å². The van der Waals surface area contributed by atoms with Crippen LogP contribution in [-0.2, 0) is 31.9 Å². The second-order valence-corrected chi connectivity index (χ2v) is 6.11. The fourth-order valence-electron chi connectivity index (χ4n) is 2.48. The highest BCUT2D eigenvalue weighted by Crippen LogP contribution is 2.03. The van der Waals surface area contributed by atoms with Gasteiger partial charge in [-0.1, -0.05) is 60.7 Å². The molecule has 2 aromatic carbocycles. The average molecular weight is 358 g/mol. The smallest absolute Gasteiger partial charge is 0.365 e. The van der Waals surface area contributed by atoms with E-state index in [1.807, 2.05) is 60.7 Å². The summed E-state index contributed by atoms with van der Waals surface area (Å²) in [4.78, 5) is 23.9. The molecule has 6 nitrogen and oxygen atoms in total. The van der Waals surface area contributed by atoms with Gasteiger partial charge in [-0.25, -0.2) is 9.59 Å². The van der Waals surface area contributed by atoms with Crippen molar-refractivity contribution in [1.29, 1.82) is 0 Å². The van der Waals surface area contributed by atoms with Crippen molar-refractivity contribution in [3.8, 4) is 0 Å². The van der Waals surface area contributed by atoms with E-state index in [0.29, 0.717) is 12.8 Å². The van der Waals surface area contributed by atoms with Crippen LogP contribution >= 0.6 is 0 Å². The van der Waals surface area contributed by atoms with Crippen LogP contribution in [0.25, 0.3) is 0 Å². The number of rotatable bonds is 9. The van der Waals surface area contributed by atoms with Gasteiger partial charge < -0.3 is 20.9 Å². The highest BCUT2D eigenvalue weighted by Gasteiger charge is 2.21. The minimum Gasteiger partial charge on any atom is -0.458 e. The van der Waals surface area contributed by atoms with Crippen molar-refractivity contribution in [1.82, 2.24) is 0 Å². The Balaban J connectivity index is 1.64. The van der Waals surface area contributed by atoms with Crippen molar-refractivity contribution in [3.05, 3.63) is 71.8 Å². The van der Waals surface area contributed by atoms with E-state index in [-0.39, 0.29) is 13.2 Å². The summed E-state index contributed by atoms with van der Waals surface area (Å²) in [6, 6.07) is 18.3. The van der Waals surface area contributed by atoms with Gasteiger partial charge in [0.25, 0.3) is 0 Å². The summed E-state index contributed by atoms with van der Waals surface area (Å²) in [5.41, 5.74) is 9.71. The molecular weight excluding hydrogens is 332 g/mol. The van der Waals surface area contributed by atoms with Crippen molar-refractivity contribution in [2.45, 2.75) is 24.9 Å². The van der Waals surface area contributed by atoms with Crippen LogP contribution < -0.4 is 11.5 Å². The number of ether oxygens (including phenoxy) is 2. The number of hydrogen-bond acceptors (Lipinski definition) is 4. The van der Waals surface area contributed by atoms with Crippen LogP contribution in [0.5, 0.6) is 0 Å². The third kappa shape index (κ3) is 6.66. The summed E-state index contributed by atoms with van der Waals surface area (Å²) >= 11 is 0. The van der Waals surface area contributed by atoms with Gasteiger partial charge >= 0.3 is 11.9 Å². The first-order valence-electron chi connectivity index (χ1n) is 8.63. The zero-order chi connectivity index (χ0) is 18.8. The molecule has 0 amide bonds. The van der Waals surface area contributed by atoms with Crippen LogP contribution in [0.1, 0.15) is 11.1 Å². The molecule has 2 aromatic rings. The Morgan fingerprint density at radius 1 is 0.692 bits per heavy atom. The topological polar surface area (TPSA) is 108 Å². The molecule has 0 aliphatic rings. The zero-order valence-corrected chi connectivity index (χ0v) is 14.8. The maximum absolute atomic E-state index is 11.9. The Hall–Kier alpha value is -2.70. The van der Waals surface area contributed by atoms with Gasteiger partial charge in [0, 0.05) is 12.8 Å². The highest BCUT2D eigenvalue weighted by molar-refractivity contribution is 5.75. The van der Waals surface area contributed by atoms with E-state index in [9.17, 15) is 9.59 Å². The molecule has 2 rings (SSSR count). The van der Waals surface area contributed by atoms with E-state index in [2.05, 4.69) is 11.5 Å². The predicted molar refractivity (Wildman–Crippen MR) is 95.6 cm³/mol. The second kappa shape index (κ2) is 10.3. The van der Waals surface area contributed by atoms with Gasteiger partial charge in [0.1, 0.15) is 13.2 Å². The lowest BCUT2D eigenvalue weighted by Crippen LogP contribution is -2.66. The molecule has 0 aromatic heterocycles. The van der Waals surface area contributed by atoms with E-state index in [1.165, 1.54) is 0 Å². The van der Waals surface area contributed by atoms with Crippen molar-refractivity contribution in [3.63, 3.8) is 0 Å². The maximum Gasteiger partial charge on any atom is 0.365 e. The van der Waals surface area contributed by atoms with Crippen molar-refractivity contribution >= 4 is 11.9 Å². The highest BCUT2D eigenvalue weighted by atomic mass is 16.6. The van der Waals surface area contributed by atoms with E-state index < -0.39 is 24.0 Å². The SMILES string of the molecule is [NH3+][C@@H](Cc1ccccc1)C(=O)OCCOC(=O)[C@@H]([NH3+])Cc1ccccc1. The minimum atomic E-state index is -0.494. The average Bonchev–Trinajstić information content (AvgIpc) is 2.66. The second-order valence-electron chi connectivity index (χ2n) is 6.11. The first-order chi connectivity index (χ1) is 12.6. The van der Waals surface area contributed by atoms with Crippen molar-refractivity contribution < 1.29 is 30.5 Å². The summed E-state index contributed by atoms with van der Waals surface area (Å²) in [6.45, 7) is 0.0346. The Morgan fingerprint density at radius 2 is 1.04 bits per heavy atom. The fraction of sp³-hybridized carbons (Fsp3) is 0.300. The summed E-state index contributed by atoms with van der Waals surface area (Å²) in [7, 11) is 0. The van der Waals surface area contributed by atoms with E-state index in [4.69, 9.17) is 9.47 Å². The Morgan fingerprint density at radius 3 is 1.38 bits per heavy atom. The number of benzene rings is 2. The van der Waals surface area contributed by atoms with Crippen molar-refractivity contribution in [2.75, 3.05) is 13.2 Å². The van der Waals surface area contributed by atoms with Crippen LogP contribution in [0, 0.1) is 0 Å². The van der Waals surface area contributed by atoms with Gasteiger partial charge in [-0.2, -0.15) is 0 Å². The molecule has 0 spiro atoms. The fourth-order valence-corrected chi connectivity index (χ4v) is 2.48. The maximum atomic E-state index is 11.9. The molecule has 0 heterocycles. The molecule has 0 radical (unpaired) electrons. The summed E-state index contributed by atoms with van der Waals surface area (Å²) in [6.07, 6.45) is 1.02. The number of carbonyl (C=O) groups is 2. The molecule has 138 valence electrons. The molecule has 0 aliphatic carbocycles.